The minimum atomic E-state index is -0.931. The Balaban J connectivity index is 1.74. The summed E-state index contributed by atoms with van der Waals surface area (Å²) in [6.07, 6.45) is 2.00. The van der Waals surface area contributed by atoms with Gasteiger partial charge in [-0.15, -0.1) is 0 Å². The van der Waals surface area contributed by atoms with E-state index in [0.29, 0.717) is 39.0 Å². The van der Waals surface area contributed by atoms with Crippen LogP contribution in [0.2, 0.25) is 0 Å². The maximum Gasteiger partial charge on any atom is 0.240 e. The highest BCUT2D eigenvalue weighted by atomic mass is 16.2. The number of nitrogens with zero attached hydrogens (tertiary/aromatic N) is 2. The summed E-state index contributed by atoms with van der Waals surface area (Å²) in [6, 6.07) is 5.99. The lowest BCUT2D eigenvalue weighted by Crippen LogP contribution is -2.52. The van der Waals surface area contributed by atoms with E-state index in [1.807, 2.05) is 25.1 Å². The van der Waals surface area contributed by atoms with Gasteiger partial charge < -0.3 is 15.1 Å². The van der Waals surface area contributed by atoms with Gasteiger partial charge in [-0.25, -0.2) is 0 Å². The first-order valence-electron chi connectivity index (χ1n) is 9.29. The molecule has 1 aromatic rings. The predicted molar refractivity (Wildman–Crippen MR) is 99.8 cm³/mol. The zero-order valence-corrected chi connectivity index (χ0v) is 15.7. The lowest BCUT2D eigenvalue weighted by molar-refractivity contribution is -0.144. The standard InChI is InChI=1S/C20H27N3O3/c1-14(2)16-6-4-5-15(3)17(16)21-18(25)20(7-8-20)19(26)23-11-9-22(13-24)10-12-23/h4-6,13-14H,7-12H2,1-3H3,(H,21,25). The smallest absolute Gasteiger partial charge is 0.240 e. The van der Waals surface area contributed by atoms with Crippen LogP contribution in [0.15, 0.2) is 18.2 Å². The van der Waals surface area contributed by atoms with Crippen molar-refractivity contribution in [3.63, 3.8) is 0 Å². The Hall–Kier alpha value is -2.37. The first-order valence-corrected chi connectivity index (χ1v) is 9.29. The van der Waals surface area contributed by atoms with E-state index in [1.54, 1.807) is 9.80 Å². The van der Waals surface area contributed by atoms with Crippen LogP contribution in [0.25, 0.3) is 0 Å². The van der Waals surface area contributed by atoms with Crippen LogP contribution in [0.5, 0.6) is 0 Å². The lowest BCUT2D eigenvalue weighted by Gasteiger charge is -2.34. The molecule has 0 bridgehead atoms. The summed E-state index contributed by atoms with van der Waals surface area (Å²) >= 11 is 0. The fraction of sp³-hybridized carbons (Fsp3) is 0.550. The lowest BCUT2D eigenvalue weighted by atomic mass is 9.96. The number of rotatable bonds is 5. The molecule has 1 saturated heterocycles. The number of aryl methyl sites for hydroxylation is 1. The monoisotopic (exact) mass is 357 g/mol. The Morgan fingerprint density at radius 2 is 1.81 bits per heavy atom. The molecule has 0 atom stereocenters. The molecular weight excluding hydrogens is 330 g/mol. The zero-order valence-electron chi connectivity index (χ0n) is 15.7. The van der Waals surface area contributed by atoms with Crippen LogP contribution in [-0.2, 0) is 14.4 Å². The molecule has 3 amide bonds. The van der Waals surface area contributed by atoms with Crippen LogP contribution in [0.3, 0.4) is 0 Å². The minimum absolute atomic E-state index is 0.0970. The molecule has 2 aliphatic rings. The van der Waals surface area contributed by atoms with Crippen molar-refractivity contribution in [3.05, 3.63) is 29.3 Å². The Bertz CT molecular complexity index is 717. The summed E-state index contributed by atoms with van der Waals surface area (Å²) in [5.41, 5.74) is 1.99. The summed E-state index contributed by atoms with van der Waals surface area (Å²) in [4.78, 5) is 40.2. The largest absolute Gasteiger partial charge is 0.342 e. The highest BCUT2D eigenvalue weighted by molar-refractivity contribution is 6.13. The fourth-order valence-electron chi connectivity index (χ4n) is 3.57. The molecule has 0 radical (unpaired) electrons. The maximum atomic E-state index is 13.0. The van der Waals surface area contributed by atoms with Gasteiger partial charge in [0.1, 0.15) is 5.41 Å². The minimum Gasteiger partial charge on any atom is -0.342 e. The molecule has 140 valence electrons. The van der Waals surface area contributed by atoms with Gasteiger partial charge in [0.2, 0.25) is 18.2 Å². The highest BCUT2D eigenvalue weighted by Gasteiger charge is 2.58. The molecule has 0 spiro atoms. The van der Waals surface area contributed by atoms with Crippen LogP contribution in [0.1, 0.15) is 43.7 Å². The van der Waals surface area contributed by atoms with Crippen molar-refractivity contribution in [2.45, 2.75) is 39.5 Å². The number of carbonyl (C=O) groups excluding carboxylic acids is 3. The van der Waals surface area contributed by atoms with Crippen LogP contribution in [-0.4, -0.2) is 54.2 Å². The Morgan fingerprint density at radius 1 is 1.15 bits per heavy atom. The number of benzene rings is 1. The summed E-state index contributed by atoms with van der Waals surface area (Å²) in [5, 5.41) is 3.05. The third-order valence-electron chi connectivity index (χ3n) is 5.51. The first-order chi connectivity index (χ1) is 12.4. The molecule has 1 N–H and O–H groups in total. The molecule has 6 nitrogen and oxygen atoms in total. The van der Waals surface area contributed by atoms with Crippen molar-refractivity contribution in [1.82, 2.24) is 9.80 Å². The van der Waals surface area contributed by atoms with E-state index in [2.05, 4.69) is 19.2 Å². The Morgan fingerprint density at radius 3 is 2.35 bits per heavy atom. The molecular formula is C20H27N3O3. The normalized spacial score (nSPS) is 18.6. The average molecular weight is 357 g/mol. The molecule has 1 heterocycles. The third kappa shape index (κ3) is 3.32. The number of carbonyl (C=O) groups is 3. The maximum absolute atomic E-state index is 13.0. The molecule has 0 unspecified atom stereocenters. The van der Waals surface area contributed by atoms with Gasteiger partial charge in [0.25, 0.3) is 0 Å². The SMILES string of the molecule is Cc1cccc(C(C)C)c1NC(=O)C1(C(=O)N2CCN(C=O)CC2)CC1. The number of hydrogen-bond acceptors (Lipinski definition) is 3. The van der Waals surface area contributed by atoms with E-state index < -0.39 is 5.41 Å². The van der Waals surface area contributed by atoms with Crippen LogP contribution in [0, 0.1) is 12.3 Å². The van der Waals surface area contributed by atoms with Gasteiger partial charge in [0, 0.05) is 31.9 Å². The van der Waals surface area contributed by atoms with E-state index >= 15 is 0 Å². The van der Waals surface area contributed by atoms with Crippen molar-refractivity contribution in [2.75, 3.05) is 31.5 Å². The molecule has 3 rings (SSSR count). The molecule has 1 saturated carbocycles. The number of para-hydroxylation sites is 1. The van der Waals surface area contributed by atoms with Gasteiger partial charge in [-0.05, 0) is 36.8 Å². The van der Waals surface area contributed by atoms with Crippen LogP contribution >= 0.6 is 0 Å². The average Bonchev–Trinajstić information content (AvgIpc) is 3.44. The summed E-state index contributed by atoms with van der Waals surface area (Å²) in [5.74, 6) is -0.00998. The van der Waals surface area contributed by atoms with Gasteiger partial charge in [0.15, 0.2) is 0 Å². The van der Waals surface area contributed by atoms with Gasteiger partial charge in [-0.3, -0.25) is 14.4 Å². The molecule has 6 heteroatoms. The van der Waals surface area contributed by atoms with E-state index in [-0.39, 0.29) is 17.7 Å². The number of hydrogen-bond donors (Lipinski definition) is 1. The molecule has 1 aromatic carbocycles. The predicted octanol–water partition coefficient (Wildman–Crippen LogP) is 2.14. The zero-order chi connectivity index (χ0) is 18.9. The van der Waals surface area contributed by atoms with E-state index in [0.717, 1.165) is 23.2 Å². The van der Waals surface area contributed by atoms with Crippen molar-refractivity contribution in [2.24, 2.45) is 5.41 Å². The first kappa shape index (κ1) is 18.4. The Labute approximate surface area is 154 Å². The van der Waals surface area contributed by atoms with Crippen LogP contribution < -0.4 is 5.32 Å². The fourth-order valence-corrected chi connectivity index (χ4v) is 3.57. The topological polar surface area (TPSA) is 69.7 Å². The van der Waals surface area contributed by atoms with Crippen molar-refractivity contribution >= 4 is 23.9 Å². The quantitative estimate of drug-likeness (QED) is 0.648. The number of nitrogens with one attached hydrogen (secondary N) is 1. The summed E-state index contributed by atoms with van der Waals surface area (Å²) in [6.45, 7) is 8.21. The summed E-state index contributed by atoms with van der Waals surface area (Å²) in [7, 11) is 0. The van der Waals surface area contributed by atoms with Gasteiger partial charge in [0.05, 0.1) is 0 Å². The van der Waals surface area contributed by atoms with Crippen molar-refractivity contribution in [1.29, 1.82) is 0 Å². The molecule has 26 heavy (non-hydrogen) atoms. The van der Waals surface area contributed by atoms with Crippen molar-refractivity contribution in [3.8, 4) is 0 Å². The molecule has 2 fully saturated rings. The van der Waals surface area contributed by atoms with Gasteiger partial charge >= 0.3 is 0 Å². The second kappa shape index (κ2) is 7.09. The van der Waals surface area contributed by atoms with E-state index in [9.17, 15) is 14.4 Å². The number of anilines is 1. The Kier molecular flexibility index (Phi) is 5.03. The number of amides is 3. The third-order valence-corrected chi connectivity index (χ3v) is 5.51. The highest BCUT2D eigenvalue weighted by Crippen LogP contribution is 2.48. The van der Waals surface area contributed by atoms with E-state index in [1.165, 1.54) is 0 Å². The summed E-state index contributed by atoms with van der Waals surface area (Å²) < 4.78 is 0. The molecule has 0 aromatic heterocycles. The van der Waals surface area contributed by atoms with Crippen LogP contribution in [0.4, 0.5) is 5.69 Å². The van der Waals surface area contributed by atoms with Crippen molar-refractivity contribution < 1.29 is 14.4 Å². The van der Waals surface area contributed by atoms with Gasteiger partial charge in [-0.2, -0.15) is 0 Å². The van der Waals surface area contributed by atoms with E-state index in [4.69, 9.17) is 0 Å². The molecule has 1 aliphatic carbocycles. The van der Waals surface area contributed by atoms with Gasteiger partial charge in [-0.1, -0.05) is 32.0 Å². The number of piperazine rings is 1. The second-order valence-electron chi connectivity index (χ2n) is 7.66. The molecule has 1 aliphatic heterocycles. The second-order valence-corrected chi connectivity index (χ2v) is 7.66.